The van der Waals surface area contributed by atoms with Crippen molar-refractivity contribution in [3.63, 3.8) is 0 Å². The molecule has 2 aromatic rings. The first-order chi connectivity index (χ1) is 5.29. The third-order valence-electron chi connectivity index (χ3n) is 1.98. The molecule has 0 atom stereocenters. The Morgan fingerprint density at radius 2 is 2.00 bits per heavy atom. The zero-order chi connectivity index (χ0) is 7.84. The second kappa shape index (κ2) is 3.07. The fourth-order valence-electron chi connectivity index (χ4n) is 1.27. The van der Waals surface area contributed by atoms with Crippen LogP contribution in [0.4, 0.5) is 0 Å². The Morgan fingerprint density at radius 1 is 1.25 bits per heavy atom. The summed E-state index contributed by atoms with van der Waals surface area (Å²) in [7, 11) is 0. The van der Waals surface area contributed by atoms with E-state index in [1.165, 1.54) is 0 Å². The van der Waals surface area contributed by atoms with Crippen molar-refractivity contribution in [2.45, 2.75) is 6.92 Å². The van der Waals surface area contributed by atoms with E-state index < -0.39 is 0 Å². The summed E-state index contributed by atoms with van der Waals surface area (Å²) in [6.45, 7) is 1.91. The predicted molar refractivity (Wildman–Crippen MR) is 51.9 cm³/mol. The van der Waals surface area contributed by atoms with E-state index in [0.717, 1.165) is 16.5 Å². The minimum atomic E-state index is 0. The highest BCUT2D eigenvalue weighted by Gasteiger charge is 2.00. The summed E-state index contributed by atoms with van der Waals surface area (Å²) in [6, 6.07) is 5.54. The van der Waals surface area contributed by atoms with Crippen LogP contribution in [0.5, 0.6) is 5.75 Å². The number of rotatable bonds is 0. The van der Waals surface area contributed by atoms with Crippen molar-refractivity contribution in [1.29, 1.82) is 0 Å². The normalized spacial score (nSPS) is 9.75. The van der Waals surface area contributed by atoms with Gasteiger partial charge in [-0.15, -0.1) is 12.4 Å². The van der Waals surface area contributed by atoms with E-state index in [9.17, 15) is 5.11 Å². The Kier molecular flexibility index (Phi) is 2.29. The van der Waals surface area contributed by atoms with E-state index in [-0.39, 0.29) is 12.4 Å². The zero-order valence-electron chi connectivity index (χ0n) is 6.66. The number of hydrogen-bond acceptors (Lipinski definition) is 1. The highest BCUT2D eigenvalue weighted by molar-refractivity contribution is 5.85. The van der Waals surface area contributed by atoms with E-state index in [1.54, 1.807) is 6.07 Å². The lowest BCUT2D eigenvalue weighted by molar-refractivity contribution is 0.472. The molecule has 1 aromatic carbocycles. The Balaban J connectivity index is 0.000000720. The number of phenols is 1. The number of aromatic nitrogens is 1. The molecule has 1 aromatic heterocycles. The van der Waals surface area contributed by atoms with Gasteiger partial charge in [0.2, 0.25) is 0 Å². The van der Waals surface area contributed by atoms with E-state index in [2.05, 4.69) is 4.98 Å². The summed E-state index contributed by atoms with van der Waals surface area (Å²) in [5, 5.41) is 10.4. The number of aryl methyl sites for hydroxylation is 1. The van der Waals surface area contributed by atoms with Gasteiger partial charge in [-0.25, -0.2) is 0 Å². The van der Waals surface area contributed by atoms with E-state index in [1.807, 2.05) is 25.3 Å². The molecule has 0 unspecified atom stereocenters. The van der Waals surface area contributed by atoms with Crippen LogP contribution in [0.15, 0.2) is 24.4 Å². The van der Waals surface area contributed by atoms with Gasteiger partial charge in [0.05, 0.1) is 0 Å². The lowest BCUT2D eigenvalue weighted by atomic mass is 10.1. The SMILES string of the molecule is Cc1c(O)ccc2[nH]ccc12.Cl. The van der Waals surface area contributed by atoms with Crippen LogP contribution in [0.1, 0.15) is 5.56 Å². The number of nitrogens with one attached hydrogen (secondary N) is 1. The van der Waals surface area contributed by atoms with E-state index in [4.69, 9.17) is 0 Å². The van der Waals surface area contributed by atoms with Gasteiger partial charge in [-0.2, -0.15) is 0 Å². The number of phenolic OH excluding ortho intramolecular Hbond substituents is 1. The standard InChI is InChI=1S/C9H9NO.ClH/c1-6-7-4-5-10-8(7)2-3-9(6)11;/h2-5,10-11H,1H3;1H. The van der Waals surface area contributed by atoms with Crippen molar-refractivity contribution < 1.29 is 5.11 Å². The smallest absolute Gasteiger partial charge is 0.119 e. The molecule has 0 aliphatic rings. The molecule has 12 heavy (non-hydrogen) atoms. The third-order valence-corrected chi connectivity index (χ3v) is 1.98. The van der Waals surface area contributed by atoms with Crippen molar-refractivity contribution in [1.82, 2.24) is 4.98 Å². The average Bonchev–Trinajstić information content (AvgIpc) is 2.45. The van der Waals surface area contributed by atoms with Crippen LogP contribution in [0.3, 0.4) is 0 Å². The Hall–Kier alpha value is -1.15. The second-order valence-electron chi connectivity index (χ2n) is 2.65. The summed E-state index contributed by atoms with van der Waals surface area (Å²) in [6.07, 6.45) is 1.87. The highest BCUT2D eigenvalue weighted by Crippen LogP contribution is 2.24. The van der Waals surface area contributed by atoms with Crippen molar-refractivity contribution in [2.75, 3.05) is 0 Å². The fraction of sp³-hybridized carbons (Fsp3) is 0.111. The molecule has 0 spiro atoms. The molecule has 0 radical (unpaired) electrons. The van der Waals surface area contributed by atoms with Gasteiger partial charge >= 0.3 is 0 Å². The molecule has 0 aliphatic heterocycles. The molecule has 3 heteroatoms. The summed E-state index contributed by atoms with van der Waals surface area (Å²) < 4.78 is 0. The van der Waals surface area contributed by atoms with Crippen LogP contribution in [0.25, 0.3) is 10.9 Å². The van der Waals surface area contributed by atoms with E-state index >= 15 is 0 Å². The van der Waals surface area contributed by atoms with Crippen LogP contribution >= 0.6 is 12.4 Å². The molecule has 2 rings (SSSR count). The van der Waals surface area contributed by atoms with Gasteiger partial charge in [0, 0.05) is 22.7 Å². The zero-order valence-corrected chi connectivity index (χ0v) is 7.48. The van der Waals surface area contributed by atoms with Crippen LogP contribution in [0.2, 0.25) is 0 Å². The summed E-state index contributed by atoms with van der Waals surface area (Å²) in [5.41, 5.74) is 2.00. The van der Waals surface area contributed by atoms with Gasteiger partial charge in [0.25, 0.3) is 0 Å². The van der Waals surface area contributed by atoms with Gasteiger partial charge in [-0.1, -0.05) is 0 Å². The van der Waals surface area contributed by atoms with Crippen molar-refractivity contribution in [2.24, 2.45) is 0 Å². The van der Waals surface area contributed by atoms with Crippen LogP contribution in [-0.2, 0) is 0 Å². The first-order valence-electron chi connectivity index (χ1n) is 3.54. The first kappa shape index (κ1) is 8.94. The van der Waals surface area contributed by atoms with Gasteiger partial charge < -0.3 is 10.1 Å². The largest absolute Gasteiger partial charge is 0.508 e. The monoisotopic (exact) mass is 183 g/mol. The Morgan fingerprint density at radius 3 is 2.75 bits per heavy atom. The summed E-state index contributed by atoms with van der Waals surface area (Å²) in [5.74, 6) is 0.358. The molecule has 0 aliphatic carbocycles. The number of hydrogen-bond donors (Lipinski definition) is 2. The lowest BCUT2D eigenvalue weighted by Gasteiger charge is -1.98. The Bertz CT molecular complexity index is 394. The maximum absolute atomic E-state index is 9.32. The first-order valence-corrected chi connectivity index (χ1v) is 3.54. The van der Waals surface area contributed by atoms with Gasteiger partial charge in [0.1, 0.15) is 5.75 Å². The maximum atomic E-state index is 9.32. The predicted octanol–water partition coefficient (Wildman–Crippen LogP) is 2.60. The minimum absolute atomic E-state index is 0. The van der Waals surface area contributed by atoms with E-state index in [0.29, 0.717) is 5.75 Å². The molecule has 0 saturated carbocycles. The molecule has 0 saturated heterocycles. The van der Waals surface area contributed by atoms with Crippen molar-refractivity contribution >= 4 is 23.3 Å². The lowest BCUT2D eigenvalue weighted by Crippen LogP contribution is -1.75. The highest BCUT2D eigenvalue weighted by atomic mass is 35.5. The second-order valence-corrected chi connectivity index (χ2v) is 2.65. The molecule has 2 nitrogen and oxygen atoms in total. The van der Waals surface area contributed by atoms with Crippen LogP contribution < -0.4 is 0 Å². The quantitative estimate of drug-likeness (QED) is 0.647. The number of fused-ring (bicyclic) bond motifs is 1. The molecule has 0 fully saturated rings. The fourth-order valence-corrected chi connectivity index (χ4v) is 1.27. The molecular weight excluding hydrogens is 174 g/mol. The van der Waals surface area contributed by atoms with Gasteiger partial charge in [-0.3, -0.25) is 0 Å². The van der Waals surface area contributed by atoms with Crippen LogP contribution in [0, 0.1) is 6.92 Å². The van der Waals surface area contributed by atoms with Gasteiger partial charge in [-0.05, 0) is 25.1 Å². The molecule has 64 valence electrons. The minimum Gasteiger partial charge on any atom is -0.508 e. The number of halogens is 1. The maximum Gasteiger partial charge on any atom is 0.119 e. The number of H-pyrrole nitrogens is 1. The molecule has 0 amide bonds. The van der Waals surface area contributed by atoms with Crippen LogP contribution in [-0.4, -0.2) is 10.1 Å². The molecule has 0 bridgehead atoms. The van der Waals surface area contributed by atoms with Crippen molar-refractivity contribution in [3.8, 4) is 5.75 Å². The number of aromatic hydroxyl groups is 1. The molecule has 2 N–H and O–H groups in total. The molecule has 1 heterocycles. The average molecular weight is 184 g/mol. The van der Waals surface area contributed by atoms with Gasteiger partial charge in [0.15, 0.2) is 0 Å². The summed E-state index contributed by atoms with van der Waals surface area (Å²) >= 11 is 0. The number of benzene rings is 1. The third kappa shape index (κ3) is 1.14. The Labute approximate surface area is 76.6 Å². The van der Waals surface area contributed by atoms with Crippen molar-refractivity contribution in [3.05, 3.63) is 30.0 Å². The number of aromatic amines is 1. The topological polar surface area (TPSA) is 36.0 Å². The summed E-state index contributed by atoms with van der Waals surface area (Å²) in [4.78, 5) is 3.08. The molecular formula is C9H10ClNO.